The number of pyridine rings is 2. The molecule has 1 aliphatic heterocycles. The maximum absolute atomic E-state index is 5.76. The highest BCUT2D eigenvalue weighted by Crippen LogP contribution is 2.29. The summed E-state index contributed by atoms with van der Waals surface area (Å²) >= 11 is 0. The maximum atomic E-state index is 5.76. The van der Waals surface area contributed by atoms with Gasteiger partial charge in [0.15, 0.2) is 0 Å². The van der Waals surface area contributed by atoms with Crippen LogP contribution in [0.1, 0.15) is 23.9 Å². The van der Waals surface area contributed by atoms with Crippen molar-refractivity contribution in [3.8, 4) is 17.0 Å². The van der Waals surface area contributed by atoms with E-state index >= 15 is 0 Å². The molecule has 0 radical (unpaired) electrons. The molecule has 0 bridgehead atoms. The summed E-state index contributed by atoms with van der Waals surface area (Å²) in [6.07, 6.45) is 5.15. The molecule has 0 unspecified atom stereocenters. The van der Waals surface area contributed by atoms with Crippen LogP contribution in [0.4, 0.5) is 11.6 Å². The molecule has 0 saturated heterocycles. The van der Waals surface area contributed by atoms with Crippen molar-refractivity contribution in [2.45, 2.75) is 26.7 Å². The smallest absolute Gasteiger partial charge is 0.144 e. The Balaban J connectivity index is 1.42. The lowest BCUT2D eigenvalue weighted by atomic mass is 10.1. The van der Waals surface area contributed by atoms with E-state index in [4.69, 9.17) is 4.74 Å². The first-order chi connectivity index (χ1) is 13.7. The summed E-state index contributed by atoms with van der Waals surface area (Å²) in [6, 6.07) is 8.02. The van der Waals surface area contributed by atoms with Crippen LogP contribution in [-0.4, -0.2) is 39.6 Å². The molecule has 0 amide bonds. The van der Waals surface area contributed by atoms with Crippen LogP contribution >= 0.6 is 0 Å². The van der Waals surface area contributed by atoms with Crippen molar-refractivity contribution < 1.29 is 4.74 Å². The molecule has 1 aliphatic rings. The second-order valence-corrected chi connectivity index (χ2v) is 6.72. The van der Waals surface area contributed by atoms with Gasteiger partial charge in [0.25, 0.3) is 0 Å². The summed E-state index contributed by atoms with van der Waals surface area (Å²) in [5.41, 5.74) is 5.12. The third-order valence-corrected chi connectivity index (χ3v) is 4.62. The molecule has 144 valence electrons. The summed E-state index contributed by atoms with van der Waals surface area (Å²) in [7, 11) is 0. The predicted octanol–water partition coefficient (Wildman–Crippen LogP) is 3.26. The molecule has 0 spiro atoms. The molecule has 4 rings (SSSR count). The molecule has 0 aromatic carbocycles. The summed E-state index contributed by atoms with van der Waals surface area (Å²) in [5, 5.41) is 6.58. The van der Waals surface area contributed by atoms with Gasteiger partial charge < -0.3 is 15.4 Å². The number of aromatic nitrogens is 4. The first-order valence-corrected chi connectivity index (χ1v) is 9.61. The van der Waals surface area contributed by atoms with Crippen LogP contribution in [0.2, 0.25) is 0 Å². The molecule has 3 aromatic heterocycles. The zero-order valence-electron chi connectivity index (χ0n) is 16.2. The largest absolute Gasteiger partial charge is 0.491 e. The van der Waals surface area contributed by atoms with Gasteiger partial charge in [-0.15, -0.1) is 0 Å². The van der Waals surface area contributed by atoms with E-state index < -0.39 is 0 Å². The molecule has 0 aliphatic carbocycles. The van der Waals surface area contributed by atoms with Gasteiger partial charge in [0.05, 0.1) is 18.0 Å². The Hall–Kier alpha value is -3.22. The highest BCUT2D eigenvalue weighted by molar-refractivity contribution is 5.62. The molecule has 7 heteroatoms. The van der Waals surface area contributed by atoms with Crippen LogP contribution in [0.3, 0.4) is 0 Å². The second kappa shape index (κ2) is 8.21. The van der Waals surface area contributed by atoms with E-state index in [0.29, 0.717) is 0 Å². The highest BCUT2D eigenvalue weighted by atomic mass is 16.5. The van der Waals surface area contributed by atoms with Crippen molar-refractivity contribution in [3.05, 3.63) is 53.7 Å². The first-order valence-electron chi connectivity index (χ1n) is 9.61. The van der Waals surface area contributed by atoms with Gasteiger partial charge in [-0.25, -0.2) is 15.0 Å². The van der Waals surface area contributed by atoms with Crippen LogP contribution in [0.5, 0.6) is 5.75 Å². The normalized spacial score (nSPS) is 12.4. The van der Waals surface area contributed by atoms with Gasteiger partial charge in [0, 0.05) is 43.0 Å². The fourth-order valence-corrected chi connectivity index (χ4v) is 3.35. The zero-order valence-corrected chi connectivity index (χ0v) is 16.2. The van der Waals surface area contributed by atoms with Crippen molar-refractivity contribution in [1.82, 2.24) is 19.9 Å². The molecule has 0 atom stereocenters. The van der Waals surface area contributed by atoms with Crippen molar-refractivity contribution in [2.75, 3.05) is 30.3 Å². The van der Waals surface area contributed by atoms with Gasteiger partial charge in [-0.3, -0.25) is 4.98 Å². The number of rotatable bonds is 7. The molecule has 3 aromatic rings. The van der Waals surface area contributed by atoms with E-state index in [0.717, 1.165) is 72.6 Å². The Bertz CT molecular complexity index is 958. The van der Waals surface area contributed by atoms with Crippen molar-refractivity contribution in [1.29, 1.82) is 0 Å². The average molecular weight is 376 g/mol. The highest BCUT2D eigenvalue weighted by Gasteiger charge is 2.18. The number of ether oxygens (including phenoxy) is 1. The minimum atomic E-state index is 0.724. The monoisotopic (exact) mass is 376 g/mol. The van der Waals surface area contributed by atoms with Gasteiger partial charge in [0.1, 0.15) is 23.7 Å². The molecule has 7 nitrogen and oxygen atoms in total. The summed E-state index contributed by atoms with van der Waals surface area (Å²) < 4.78 is 5.76. The third kappa shape index (κ3) is 4.03. The molecule has 28 heavy (non-hydrogen) atoms. The molecular formula is C21H24N6O. The quantitative estimate of drug-likeness (QED) is 0.655. The number of aryl methyl sites for hydroxylation is 1. The van der Waals surface area contributed by atoms with Gasteiger partial charge in [-0.1, -0.05) is 0 Å². The zero-order chi connectivity index (χ0) is 19.3. The number of anilines is 2. The number of hydrogen-bond donors (Lipinski definition) is 2. The lowest BCUT2D eigenvalue weighted by Gasteiger charge is -2.11. The fraction of sp³-hybridized carbons (Fsp3) is 0.333. The van der Waals surface area contributed by atoms with Crippen molar-refractivity contribution in [2.24, 2.45) is 0 Å². The van der Waals surface area contributed by atoms with Crippen LogP contribution in [-0.2, 0) is 12.8 Å². The molecular weight excluding hydrogens is 352 g/mol. The summed E-state index contributed by atoms with van der Waals surface area (Å²) in [4.78, 5) is 17.7. The van der Waals surface area contributed by atoms with Crippen LogP contribution in [0.25, 0.3) is 11.3 Å². The molecule has 2 N–H and O–H groups in total. The Morgan fingerprint density at radius 2 is 2.00 bits per heavy atom. The number of hydrogen-bond acceptors (Lipinski definition) is 7. The number of nitrogens with one attached hydrogen (secondary N) is 2. The van der Waals surface area contributed by atoms with Gasteiger partial charge in [0.2, 0.25) is 0 Å². The van der Waals surface area contributed by atoms with E-state index in [-0.39, 0.29) is 0 Å². The molecule has 0 saturated carbocycles. The predicted molar refractivity (Wildman–Crippen MR) is 110 cm³/mol. The van der Waals surface area contributed by atoms with E-state index in [9.17, 15) is 0 Å². The van der Waals surface area contributed by atoms with Crippen LogP contribution in [0.15, 0.2) is 36.8 Å². The Morgan fingerprint density at radius 1 is 1.07 bits per heavy atom. The molecule has 4 heterocycles. The van der Waals surface area contributed by atoms with Gasteiger partial charge in [-0.2, -0.15) is 0 Å². The third-order valence-electron chi connectivity index (χ3n) is 4.62. The van der Waals surface area contributed by atoms with Crippen LogP contribution in [0, 0.1) is 6.92 Å². The first kappa shape index (κ1) is 18.2. The van der Waals surface area contributed by atoms with E-state index in [1.807, 2.05) is 38.2 Å². The van der Waals surface area contributed by atoms with E-state index in [1.54, 1.807) is 6.33 Å². The maximum Gasteiger partial charge on any atom is 0.144 e. The van der Waals surface area contributed by atoms with E-state index in [1.165, 1.54) is 5.56 Å². The van der Waals surface area contributed by atoms with Crippen molar-refractivity contribution >= 4 is 11.6 Å². The SMILES string of the molecule is CCNc1ccc(-c2cc(NCCc3cc(C)nc4c3OCC4)ncn2)cn1. The average Bonchev–Trinajstić information content (AvgIpc) is 3.17. The Morgan fingerprint density at radius 3 is 2.82 bits per heavy atom. The van der Waals surface area contributed by atoms with Gasteiger partial charge in [-0.05, 0) is 44.0 Å². The van der Waals surface area contributed by atoms with Crippen LogP contribution < -0.4 is 15.4 Å². The standard InChI is InChI=1S/C21H24N6O/c1-3-22-19-5-4-16(12-24-19)18-11-20(26-13-25-18)23-8-6-15-10-14(2)27-17-7-9-28-21(15)17/h4-5,10-13H,3,6-9H2,1-2H3,(H,22,24)(H,23,25,26). The minimum Gasteiger partial charge on any atom is -0.491 e. The minimum absolute atomic E-state index is 0.724. The second-order valence-electron chi connectivity index (χ2n) is 6.72. The fourth-order valence-electron chi connectivity index (χ4n) is 3.35. The summed E-state index contributed by atoms with van der Waals surface area (Å²) in [5.74, 6) is 2.62. The molecule has 0 fully saturated rings. The lowest BCUT2D eigenvalue weighted by Crippen LogP contribution is -2.08. The number of nitrogens with zero attached hydrogens (tertiary/aromatic N) is 4. The number of fused-ring (bicyclic) bond motifs is 1. The Kier molecular flexibility index (Phi) is 5.32. The lowest BCUT2D eigenvalue weighted by molar-refractivity contribution is 0.353. The van der Waals surface area contributed by atoms with E-state index in [2.05, 4.69) is 36.6 Å². The Labute approximate surface area is 164 Å². The van der Waals surface area contributed by atoms with Gasteiger partial charge >= 0.3 is 0 Å². The van der Waals surface area contributed by atoms with Crippen molar-refractivity contribution in [3.63, 3.8) is 0 Å². The summed E-state index contributed by atoms with van der Waals surface area (Å²) in [6.45, 7) is 6.40. The topological polar surface area (TPSA) is 84.9 Å².